The van der Waals surface area contributed by atoms with Crippen LogP contribution in [0.5, 0.6) is 11.5 Å². The number of halogens is 1. The van der Waals surface area contributed by atoms with E-state index in [9.17, 15) is 4.79 Å². The van der Waals surface area contributed by atoms with E-state index in [1.807, 2.05) is 12.1 Å². The molecule has 1 aliphatic rings. The Hall–Kier alpha value is -2.24. The van der Waals surface area contributed by atoms with E-state index in [0.717, 1.165) is 12.0 Å². The molecule has 6 heteroatoms. The Balaban J connectivity index is 0.00000261. The molecular formula is C21H27ClN2O3. The quantitative estimate of drug-likeness (QED) is 0.813. The molecule has 2 aromatic carbocycles. The van der Waals surface area contributed by atoms with Crippen LogP contribution in [0.3, 0.4) is 0 Å². The van der Waals surface area contributed by atoms with Crippen molar-refractivity contribution >= 4 is 18.3 Å². The van der Waals surface area contributed by atoms with Crippen LogP contribution in [0.4, 0.5) is 0 Å². The molecule has 0 saturated heterocycles. The number of carbonyl (C=O) groups is 1. The minimum absolute atomic E-state index is 0. The molecule has 1 amide bonds. The third-order valence-electron chi connectivity index (χ3n) is 4.52. The smallest absolute Gasteiger partial charge is 0.251 e. The fourth-order valence-corrected chi connectivity index (χ4v) is 2.86. The molecule has 2 aromatic rings. The van der Waals surface area contributed by atoms with Gasteiger partial charge in [-0.15, -0.1) is 12.4 Å². The number of rotatable bonds is 5. The van der Waals surface area contributed by atoms with Gasteiger partial charge in [0.2, 0.25) is 0 Å². The predicted octanol–water partition coefficient (Wildman–Crippen LogP) is 3.82. The number of nitrogens with two attached hydrogens (primary N) is 1. The van der Waals surface area contributed by atoms with Crippen molar-refractivity contribution in [1.82, 2.24) is 5.32 Å². The molecule has 1 aliphatic heterocycles. The lowest BCUT2D eigenvalue weighted by Gasteiger charge is -2.15. The van der Waals surface area contributed by atoms with Crippen LogP contribution in [0.15, 0.2) is 42.5 Å². The topological polar surface area (TPSA) is 73.6 Å². The minimum Gasteiger partial charge on any atom is -0.490 e. The zero-order chi connectivity index (χ0) is 18.5. The summed E-state index contributed by atoms with van der Waals surface area (Å²) in [6.45, 7) is 5.90. The lowest BCUT2D eigenvalue weighted by atomic mass is 9.99. The fraction of sp³-hybridized carbons (Fsp3) is 0.381. The molecular weight excluding hydrogens is 364 g/mol. The largest absolute Gasteiger partial charge is 0.490 e. The highest BCUT2D eigenvalue weighted by molar-refractivity contribution is 5.94. The van der Waals surface area contributed by atoms with Gasteiger partial charge in [-0.25, -0.2) is 0 Å². The highest BCUT2D eigenvalue weighted by atomic mass is 35.5. The third-order valence-corrected chi connectivity index (χ3v) is 4.52. The minimum atomic E-state index is -0.249. The second-order valence-electron chi connectivity index (χ2n) is 6.85. The molecule has 0 spiro atoms. The molecule has 0 bridgehead atoms. The van der Waals surface area contributed by atoms with E-state index in [1.54, 1.807) is 18.2 Å². The van der Waals surface area contributed by atoms with Crippen LogP contribution in [0.25, 0.3) is 0 Å². The second kappa shape index (κ2) is 9.62. The Bertz CT molecular complexity index is 763. The van der Waals surface area contributed by atoms with Gasteiger partial charge in [-0.3, -0.25) is 4.79 Å². The van der Waals surface area contributed by atoms with Gasteiger partial charge >= 0.3 is 0 Å². The van der Waals surface area contributed by atoms with Gasteiger partial charge in [-0.2, -0.15) is 0 Å². The van der Waals surface area contributed by atoms with E-state index < -0.39 is 0 Å². The van der Waals surface area contributed by atoms with Gasteiger partial charge in [-0.05, 0) is 35.2 Å². The van der Waals surface area contributed by atoms with Gasteiger partial charge in [0.25, 0.3) is 5.91 Å². The first-order valence-electron chi connectivity index (χ1n) is 9.08. The SMILES string of the molecule is CC(C)c1ccc(C(N)CNC(=O)c2ccc3c(c2)OCCCO3)cc1.Cl. The van der Waals surface area contributed by atoms with Crippen molar-refractivity contribution in [2.75, 3.05) is 19.8 Å². The summed E-state index contributed by atoms with van der Waals surface area (Å²) in [7, 11) is 0. The summed E-state index contributed by atoms with van der Waals surface area (Å²) in [6.07, 6.45) is 0.834. The maximum absolute atomic E-state index is 12.4. The van der Waals surface area contributed by atoms with E-state index in [0.29, 0.717) is 42.7 Å². The zero-order valence-corrected chi connectivity index (χ0v) is 16.6. The van der Waals surface area contributed by atoms with E-state index in [-0.39, 0.29) is 24.4 Å². The molecule has 146 valence electrons. The molecule has 1 atom stereocenters. The molecule has 0 radical (unpaired) electrons. The Morgan fingerprint density at radius 3 is 2.33 bits per heavy atom. The predicted molar refractivity (Wildman–Crippen MR) is 109 cm³/mol. The fourth-order valence-electron chi connectivity index (χ4n) is 2.86. The second-order valence-corrected chi connectivity index (χ2v) is 6.85. The lowest BCUT2D eigenvalue weighted by molar-refractivity contribution is 0.0950. The van der Waals surface area contributed by atoms with Gasteiger partial charge in [0.1, 0.15) is 0 Å². The summed E-state index contributed by atoms with van der Waals surface area (Å²) in [6, 6.07) is 13.2. The average molecular weight is 391 g/mol. The van der Waals surface area contributed by atoms with Gasteiger partial charge in [0.15, 0.2) is 11.5 Å². The van der Waals surface area contributed by atoms with Crippen LogP contribution in [0.1, 0.15) is 53.7 Å². The maximum Gasteiger partial charge on any atom is 0.251 e. The lowest BCUT2D eigenvalue weighted by Crippen LogP contribution is -2.31. The van der Waals surface area contributed by atoms with Gasteiger partial charge < -0.3 is 20.5 Å². The summed E-state index contributed by atoms with van der Waals surface area (Å²) >= 11 is 0. The molecule has 5 nitrogen and oxygen atoms in total. The van der Waals surface area contributed by atoms with Crippen LogP contribution in [0, 0.1) is 0 Å². The molecule has 1 unspecified atom stereocenters. The Morgan fingerprint density at radius 1 is 1.04 bits per heavy atom. The normalized spacial score (nSPS) is 14.1. The summed E-state index contributed by atoms with van der Waals surface area (Å²) < 4.78 is 11.2. The van der Waals surface area contributed by atoms with Crippen LogP contribution in [0.2, 0.25) is 0 Å². The molecule has 0 saturated carbocycles. The molecule has 0 aliphatic carbocycles. The number of amides is 1. The molecule has 0 aromatic heterocycles. The van der Waals surface area contributed by atoms with Crippen LogP contribution in [-0.4, -0.2) is 25.7 Å². The summed E-state index contributed by atoms with van der Waals surface area (Å²) in [5, 5.41) is 2.90. The number of carbonyl (C=O) groups excluding carboxylic acids is 1. The molecule has 1 heterocycles. The number of fused-ring (bicyclic) bond motifs is 1. The van der Waals surface area contributed by atoms with Gasteiger partial charge in [0, 0.05) is 24.6 Å². The first kappa shape index (κ1) is 21.1. The maximum atomic E-state index is 12.4. The van der Waals surface area contributed by atoms with Crippen molar-refractivity contribution in [2.24, 2.45) is 5.73 Å². The molecule has 3 rings (SSSR count). The Labute approximate surface area is 166 Å². The van der Waals surface area contributed by atoms with Crippen LogP contribution >= 0.6 is 12.4 Å². The summed E-state index contributed by atoms with van der Waals surface area (Å²) in [4.78, 5) is 12.4. The first-order valence-corrected chi connectivity index (χ1v) is 9.08. The number of hydrogen-bond donors (Lipinski definition) is 2. The zero-order valence-electron chi connectivity index (χ0n) is 15.7. The van der Waals surface area contributed by atoms with Crippen molar-refractivity contribution in [3.63, 3.8) is 0 Å². The van der Waals surface area contributed by atoms with E-state index >= 15 is 0 Å². The monoisotopic (exact) mass is 390 g/mol. The highest BCUT2D eigenvalue weighted by Crippen LogP contribution is 2.30. The van der Waals surface area contributed by atoms with Crippen molar-refractivity contribution in [3.05, 3.63) is 59.2 Å². The average Bonchev–Trinajstić information content (AvgIpc) is 2.90. The van der Waals surface area contributed by atoms with Crippen LogP contribution in [-0.2, 0) is 0 Å². The Morgan fingerprint density at radius 2 is 1.67 bits per heavy atom. The standard InChI is InChI=1S/C21H26N2O3.ClH/c1-14(2)15-4-6-16(7-5-15)18(22)13-23-21(24)17-8-9-19-20(12-17)26-11-3-10-25-19;/h4-9,12,14,18H,3,10-11,13,22H2,1-2H3,(H,23,24);1H. The summed E-state index contributed by atoms with van der Waals surface area (Å²) in [5.74, 6) is 1.61. The molecule has 3 N–H and O–H groups in total. The van der Waals surface area contributed by atoms with Crippen molar-refractivity contribution in [3.8, 4) is 11.5 Å². The number of benzene rings is 2. The number of hydrogen-bond acceptors (Lipinski definition) is 4. The first-order chi connectivity index (χ1) is 12.5. The van der Waals surface area contributed by atoms with Crippen molar-refractivity contribution < 1.29 is 14.3 Å². The Kier molecular flexibility index (Phi) is 7.51. The van der Waals surface area contributed by atoms with Gasteiger partial charge in [-0.1, -0.05) is 38.1 Å². The molecule has 0 fully saturated rings. The van der Waals surface area contributed by atoms with Crippen molar-refractivity contribution in [1.29, 1.82) is 0 Å². The summed E-state index contributed by atoms with van der Waals surface area (Å²) in [5.41, 5.74) is 9.04. The number of nitrogens with one attached hydrogen (secondary N) is 1. The van der Waals surface area contributed by atoms with E-state index in [1.165, 1.54) is 5.56 Å². The molecule has 27 heavy (non-hydrogen) atoms. The van der Waals surface area contributed by atoms with E-state index in [4.69, 9.17) is 15.2 Å². The van der Waals surface area contributed by atoms with Gasteiger partial charge in [0.05, 0.1) is 13.2 Å². The number of ether oxygens (including phenoxy) is 2. The highest BCUT2D eigenvalue weighted by Gasteiger charge is 2.15. The van der Waals surface area contributed by atoms with E-state index in [2.05, 4.69) is 31.3 Å². The van der Waals surface area contributed by atoms with Crippen molar-refractivity contribution in [2.45, 2.75) is 32.2 Å². The third kappa shape index (κ3) is 5.37. The van der Waals surface area contributed by atoms with Crippen LogP contribution < -0.4 is 20.5 Å².